The molecule has 1 atom stereocenters. The maximum absolute atomic E-state index is 11.6. The molecule has 0 aromatic carbocycles. The Morgan fingerprint density at radius 2 is 2.07 bits per heavy atom. The number of hydrogen-bond acceptors (Lipinski definition) is 4. The molecule has 1 rings (SSSR count). The van der Waals surface area contributed by atoms with Crippen molar-refractivity contribution in [2.75, 3.05) is 33.8 Å². The summed E-state index contributed by atoms with van der Waals surface area (Å²) >= 11 is 0. The second kappa shape index (κ2) is 5.09. The molecule has 6 heteroatoms. The fraction of sp³-hybridized carbons (Fsp3) is 0.778. The van der Waals surface area contributed by atoms with E-state index < -0.39 is 6.04 Å². The van der Waals surface area contributed by atoms with E-state index in [-0.39, 0.29) is 11.8 Å². The zero-order chi connectivity index (χ0) is 11.4. The highest BCUT2D eigenvalue weighted by Gasteiger charge is 2.32. The van der Waals surface area contributed by atoms with Crippen molar-refractivity contribution in [1.82, 2.24) is 15.3 Å². The molecule has 0 bridgehead atoms. The van der Waals surface area contributed by atoms with Crippen LogP contribution in [0.15, 0.2) is 0 Å². The van der Waals surface area contributed by atoms with Crippen LogP contribution in [0.25, 0.3) is 0 Å². The normalized spacial score (nSPS) is 22.6. The predicted molar refractivity (Wildman–Crippen MR) is 53.8 cm³/mol. The quantitative estimate of drug-likeness (QED) is 0.589. The van der Waals surface area contributed by atoms with E-state index in [0.29, 0.717) is 13.1 Å². The molecule has 1 unspecified atom stereocenters. The lowest BCUT2D eigenvalue weighted by Crippen LogP contribution is -2.59. The van der Waals surface area contributed by atoms with Crippen LogP contribution >= 0.6 is 0 Å². The van der Waals surface area contributed by atoms with E-state index in [0.717, 1.165) is 6.54 Å². The van der Waals surface area contributed by atoms with E-state index in [1.807, 2.05) is 11.9 Å². The molecule has 86 valence electrons. The molecule has 2 amide bonds. The van der Waals surface area contributed by atoms with Crippen molar-refractivity contribution in [3.63, 3.8) is 0 Å². The van der Waals surface area contributed by atoms with Crippen molar-refractivity contribution < 1.29 is 14.4 Å². The highest BCUT2D eigenvalue weighted by atomic mass is 16.6. The van der Waals surface area contributed by atoms with Gasteiger partial charge in [0, 0.05) is 26.6 Å². The summed E-state index contributed by atoms with van der Waals surface area (Å²) in [6, 6.07) is -0.457. The van der Waals surface area contributed by atoms with Gasteiger partial charge in [-0.1, -0.05) is 0 Å². The Morgan fingerprint density at radius 3 is 2.60 bits per heavy atom. The summed E-state index contributed by atoms with van der Waals surface area (Å²) < 4.78 is 0. The van der Waals surface area contributed by atoms with Crippen molar-refractivity contribution >= 4 is 11.8 Å². The van der Waals surface area contributed by atoms with Crippen LogP contribution in [0, 0.1) is 0 Å². The Hall–Kier alpha value is -1.14. The number of piperazine rings is 1. The van der Waals surface area contributed by atoms with Gasteiger partial charge in [-0.05, 0) is 7.05 Å². The van der Waals surface area contributed by atoms with Crippen LogP contribution in [-0.2, 0) is 14.4 Å². The summed E-state index contributed by atoms with van der Waals surface area (Å²) in [5.41, 5.74) is 2.26. The second-order valence-corrected chi connectivity index (χ2v) is 3.66. The van der Waals surface area contributed by atoms with Gasteiger partial charge in [0.2, 0.25) is 5.91 Å². The van der Waals surface area contributed by atoms with Crippen LogP contribution in [0.5, 0.6) is 0 Å². The lowest BCUT2D eigenvalue weighted by atomic mass is 10.1. The molecule has 1 saturated heterocycles. The van der Waals surface area contributed by atoms with E-state index in [2.05, 4.69) is 10.3 Å². The van der Waals surface area contributed by atoms with E-state index in [1.54, 1.807) is 4.90 Å². The molecule has 0 saturated carbocycles. The number of nitrogens with zero attached hydrogens (tertiary/aromatic N) is 2. The molecule has 1 heterocycles. The van der Waals surface area contributed by atoms with Gasteiger partial charge in [0.15, 0.2) is 0 Å². The number of likely N-dealkylation sites (N-methyl/N-ethyl adjacent to an activating group) is 1. The van der Waals surface area contributed by atoms with Gasteiger partial charge in [-0.3, -0.25) is 14.4 Å². The molecule has 15 heavy (non-hydrogen) atoms. The third-order valence-corrected chi connectivity index (χ3v) is 2.49. The first kappa shape index (κ1) is 11.9. The standard InChI is InChI=1S/C9H17N3O3/c1-7(13)12-5-4-11(2)6-8(12)9(14)10-15-3/h8H,4-6H2,1-3H3,(H,10,14). The minimum absolute atomic E-state index is 0.0839. The van der Waals surface area contributed by atoms with E-state index >= 15 is 0 Å². The van der Waals surface area contributed by atoms with E-state index in [9.17, 15) is 9.59 Å². The average Bonchev–Trinajstić information content (AvgIpc) is 2.17. The number of hydrogen-bond donors (Lipinski definition) is 1. The van der Waals surface area contributed by atoms with Crippen LogP contribution in [0.1, 0.15) is 6.92 Å². The smallest absolute Gasteiger partial charge is 0.267 e. The Morgan fingerprint density at radius 1 is 1.40 bits per heavy atom. The summed E-state index contributed by atoms with van der Waals surface area (Å²) in [7, 11) is 3.30. The lowest BCUT2D eigenvalue weighted by molar-refractivity contribution is -0.147. The fourth-order valence-electron chi connectivity index (χ4n) is 1.69. The summed E-state index contributed by atoms with van der Waals surface area (Å²) in [5, 5.41) is 0. The molecule has 0 radical (unpaired) electrons. The number of hydroxylamine groups is 1. The highest BCUT2D eigenvalue weighted by Crippen LogP contribution is 2.08. The molecule has 1 fully saturated rings. The molecule has 0 aromatic rings. The molecule has 0 spiro atoms. The van der Waals surface area contributed by atoms with Crippen LogP contribution in [0.2, 0.25) is 0 Å². The molecule has 0 aromatic heterocycles. The summed E-state index contributed by atoms with van der Waals surface area (Å²) in [4.78, 5) is 31.1. The minimum Gasteiger partial charge on any atom is -0.328 e. The maximum Gasteiger partial charge on any atom is 0.267 e. The fourth-order valence-corrected chi connectivity index (χ4v) is 1.69. The van der Waals surface area contributed by atoms with Gasteiger partial charge in [-0.25, -0.2) is 5.48 Å². The Labute approximate surface area is 89.1 Å². The van der Waals surface area contributed by atoms with Gasteiger partial charge in [-0.15, -0.1) is 0 Å². The molecule has 0 aliphatic carbocycles. The summed E-state index contributed by atoms with van der Waals surface area (Å²) in [6.45, 7) is 3.37. The molecular formula is C9H17N3O3. The third kappa shape index (κ3) is 2.90. The van der Waals surface area contributed by atoms with Crippen molar-refractivity contribution in [2.45, 2.75) is 13.0 Å². The Balaban J connectivity index is 2.69. The van der Waals surface area contributed by atoms with Gasteiger partial charge in [0.1, 0.15) is 6.04 Å². The summed E-state index contributed by atoms with van der Waals surface area (Å²) in [6.07, 6.45) is 0. The monoisotopic (exact) mass is 215 g/mol. The van der Waals surface area contributed by atoms with Gasteiger partial charge in [0.05, 0.1) is 7.11 Å². The van der Waals surface area contributed by atoms with Gasteiger partial charge in [0.25, 0.3) is 5.91 Å². The Bertz CT molecular complexity index is 257. The Kier molecular flexibility index (Phi) is 4.05. The first-order chi connectivity index (χ1) is 7.06. The average molecular weight is 215 g/mol. The van der Waals surface area contributed by atoms with Gasteiger partial charge in [-0.2, -0.15) is 0 Å². The van der Waals surface area contributed by atoms with Crippen molar-refractivity contribution in [3.8, 4) is 0 Å². The van der Waals surface area contributed by atoms with Crippen LogP contribution in [-0.4, -0.2) is 61.4 Å². The number of rotatable bonds is 2. The minimum atomic E-state index is -0.457. The maximum atomic E-state index is 11.6. The predicted octanol–water partition coefficient (Wildman–Crippen LogP) is -1.17. The zero-order valence-electron chi connectivity index (χ0n) is 9.32. The van der Waals surface area contributed by atoms with Crippen LogP contribution < -0.4 is 5.48 Å². The second-order valence-electron chi connectivity index (χ2n) is 3.66. The largest absolute Gasteiger partial charge is 0.328 e. The third-order valence-electron chi connectivity index (χ3n) is 2.49. The molecule has 1 N–H and O–H groups in total. The van der Waals surface area contributed by atoms with Gasteiger partial charge >= 0.3 is 0 Å². The van der Waals surface area contributed by atoms with Crippen molar-refractivity contribution in [3.05, 3.63) is 0 Å². The first-order valence-electron chi connectivity index (χ1n) is 4.85. The lowest BCUT2D eigenvalue weighted by Gasteiger charge is -2.38. The zero-order valence-corrected chi connectivity index (χ0v) is 9.32. The molecule has 1 aliphatic rings. The number of carbonyl (C=O) groups is 2. The molecule has 1 aliphatic heterocycles. The van der Waals surface area contributed by atoms with Crippen LogP contribution in [0.3, 0.4) is 0 Å². The van der Waals surface area contributed by atoms with E-state index in [4.69, 9.17) is 0 Å². The number of nitrogens with one attached hydrogen (secondary N) is 1. The molecular weight excluding hydrogens is 198 g/mol. The van der Waals surface area contributed by atoms with Gasteiger partial charge < -0.3 is 9.80 Å². The van der Waals surface area contributed by atoms with Crippen LogP contribution in [0.4, 0.5) is 0 Å². The van der Waals surface area contributed by atoms with Crippen molar-refractivity contribution in [2.24, 2.45) is 0 Å². The SMILES string of the molecule is CONC(=O)C1CN(C)CCN1C(C)=O. The summed E-state index contributed by atoms with van der Waals surface area (Å²) in [5.74, 6) is -0.362. The molecule has 6 nitrogen and oxygen atoms in total. The first-order valence-corrected chi connectivity index (χ1v) is 4.85. The van der Waals surface area contributed by atoms with E-state index in [1.165, 1.54) is 14.0 Å². The van der Waals surface area contributed by atoms with Crippen molar-refractivity contribution in [1.29, 1.82) is 0 Å². The number of amides is 2. The highest BCUT2D eigenvalue weighted by molar-refractivity contribution is 5.86. The topological polar surface area (TPSA) is 61.9 Å². The number of carbonyl (C=O) groups excluding carboxylic acids is 2.